The van der Waals surface area contributed by atoms with Crippen LogP contribution in [0.2, 0.25) is 0 Å². The maximum atomic E-state index is 13.0. The number of amides is 1. The first-order valence-electron chi connectivity index (χ1n) is 7.98. The first-order valence-corrected chi connectivity index (χ1v) is 8.96. The molecule has 0 atom stereocenters. The molecule has 0 N–H and O–H groups in total. The van der Waals surface area contributed by atoms with Crippen LogP contribution in [0, 0.1) is 10.1 Å². The van der Waals surface area contributed by atoms with E-state index in [0.29, 0.717) is 21.7 Å². The Labute approximate surface area is 158 Å². The smallest absolute Gasteiger partial charge is 0.269 e. The SMILES string of the molecule is CN(C)C(=O)CSc1nc2ccccc2c(=O)n1-c1ccc([N+](=O)[O-])cc1. The molecule has 0 bridgehead atoms. The summed E-state index contributed by atoms with van der Waals surface area (Å²) in [5.74, 6) is 0.00255. The number of nitro groups is 1. The van der Waals surface area contributed by atoms with E-state index in [1.54, 1.807) is 38.4 Å². The van der Waals surface area contributed by atoms with Crippen LogP contribution in [-0.4, -0.2) is 45.1 Å². The molecule has 9 heteroatoms. The van der Waals surface area contributed by atoms with Crippen molar-refractivity contribution in [3.63, 3.8) is 0 Å². The first kappa shape index (κ1) is 18.6. The second-order valence-electron chi connectivity index (χ2n) is 5.90. The zero-order valence-corrected chi connectivity index (χ0v) is 15.5. The lowest BCUT2D eigenvalue weighted by molar-refractivity contribution is -0.384. The average Bonchev–Trinajstić information content (AvgIpc) is 2.66. The molecule has 0 radical (unpaired) electrons. The highest BCUT2D eigenvalue weighted by atomic mass is 32.2. The van der Waals surface area contributed by atoms with Crippen LogP contribution >= 0.6 is 11.8 Å². The van der Waals surface area contributed by atoms with Gasteiger partial charge in [0.15, 0.2) is 5.16 Å². The number of hydrogen-bond acceptors (Lipinski definition) is 6. The van der Waals surface area contributed by atoms with Crippen LogP contribution in [0.3, 0.4) is 0 Å². The van der Waals surface area contributed by atoms with Crippen LogP contribution in [0.5, 0.6) is 0 Å². The van der Waals surface area contributed by atoms with Crippen molar-refractivity contribution in [2.24, 2.45) is 0 Å². The molecular weight excluding hydrogens is 368 g/mol. The number of carbonyl (C=O) groups excluding carboxylic acids is 1. The lowest BCUT2D eigenvalue weighted by atomic mass is 10.2. The number of rotatable bonds is 5. The third-order valence-electron chi connectivity index (χ3n) is 3.89. The average molecular weight is 384 g/mol. The van der Waals surface area contributed by atoms with E-state index >= 15 is 0 Å². The Morgan fingerprint density at radius 1 is 1.19 bits per heavy atom. The van der Waals surface area contributed by atoms with E-state index < -0.39 is 4.92 Å². The molecule has 0 spiro atoms. The molecule has 0 aliphatic carbocycles. The second kappa shape index (κ2) is 7.58. The third kappa shape index (κ3) is 3.82. The highest BCUT2D eigenvalue weighted by Crippen LogP contribution is 2.23. The molecule has 27 heavy (non-hydrogen) atoms. The molecule has 3 rings (SSSR count). The van der Waals surface area contributed by atoms with Crippen LogP contribution < -0.4 is 5.56 Å². The Balaban J connectivity index is 2.14. The number of hydrogen-bond donors (Lipinski definition) is 0. The van der Waals surface area contributed by atoms with E-state index in [1.165, 1.54) is 33.7 Å². The summed E-state index contributed by atoms with van der Waals surface area (Å²) >= 11 is 1.14. The number of fused-ring (bicyclic) bond motifs is 1. The Hall–Kier alpha value is -3.20. The van der Waals surface area contributed by atoms with Gasteiger partial charge in [0, 0.05) is 26.2 Å². The van der Waals surface area contributed by atoms with E-state index in [-0.39, 0.29) is 22.9 Å². The molecule has 0 saturated heterocycles. The normalized spacial score (nSPS) is 10.7. The summed E-state index contributed by atoms with van der Waals surface area (Å²) in [4.78, 5) is 41.3. The van der Waals surface area contributed by atoms with Crippen molar-refractivity contribution in [2.45, 2.75) is 5.16 Å². The van der Waals surface area contributed by atoms with Gasteiger partial charge in [-0.25, -0.2) is 4.98 Å². The van der Waals surface area contributed by atoms with Gasteiger partial charge in [-0.15, -0.1) is 0 Å². The number of nitro benzene ring substituents is 1. The zero-order chi connectivity index (χ0) is 19.6. The molecule has 138 valence electrons. The van der Waals surface area contributed by atoms with Crippen LogP contribution in [0.4, 0.5) is 5.69 Å². The second-order valence-corrected chi connectivity index (χ2v) is 6.84. The maximum absolute atomic E-state index is 13.0. The molecule has 0 unspecified atom stereocenters. The Bertz CT molecular complexity index is 1080. The number of benzene rings is 2. The van der Waals surface area contributed by atoms with E-state index in [0.717, 1.165) is 11.8 Å². The van der Waals surface area contributed by atoms with Gasteiger partial charge < -0.3 is 4.90 Å². The topological polar surface area (TPSA) is 98.3 Å². The predicted molar refractivity (Wildman–Crippen MR) is 103 cm³/mol. The Morgan fingerprint density at radius 2 is 1.85 bits per heavy atom. The zero-order valence-electron chi connectivity index (χ0n) is 14.7. The summed E-state index contributed by atoms with van der Waals surface area (Å²) < 4.78 is 1.37. The lowest BCUT2D eigenvalue weighted by Gasteiger charge is -2.14. The van der Waals surface area contributed by atoms with Gasteiger partial charge in [0.2, 0.25) is 5.91 Å². The van der Waals surface area contributed by atoms with Crippen molar-refractivity contribution in [1.82, 2.24) is 14.5 Å². The Kier molecular flexibility index (Phi) is 5.22. The molecule has 0 fully saturated rings. The summed E-state index contributed by atoms with van der Waals surface area (Å²) in [6.45, 7) is 0. The summed E-state index contributed by atoms with van der Waals surface area (Å²) in [7, 11) is 3.31. The molecule has 2 aromatic carbocycles. The van der Waals surface area contributed by atoms with E-state index in [9.17, 15) is 19.7 Å². The molecule has 0 saturated carbocycles. The number of aromatic nitrogens is 2. The molecule has 1 aromatic heterocycles. The minimum Gasteiger partial charge on any atom is -0.348 e. The van der Waals surface area contributed by atoms with E-state index in [4.69, 9.17) is 0 Å². The largest absolute Gasteiger partial charge is 0.348 e. The molecule has 0 aliphatic rings. The van der Waals surface area contributed by atoms with Gasteiger partial charge in [-0.3, -0.25) is 24.3 Å². The van der Waals surface area contributed by atoms with E-state index in [1.807, 2.05) is 0 Å². The van der Waals surface area contributed by atoms with Gasteiger partial charge in [-0.2, -0.15) is 0 Å². The summed E-state index contributed by atoms with van der Waals surface area (Å²) in [5.41, 5.74) is 0.607. The first-order chi connectivity index (χ1) is 12.9. The van der Waals surface area contributed by atoms with Crippen molar-refractivity contribution in [3.05, 3.63) is 69.0 Å². The van der Waals surface area contributed by atoms with Gasteiger partial charge in [0.25, 0.3) is 11.2 Å². The van der Waals surface area contributed by atoms with Gasteiger partial charge in [0.05, 0.1) is 27.3 Å². The fourth-order valence-electron chi connectivity index (χ4n) is 2.42. The van der Waals surface area contributed by atoms with Crippen LogP contribution in [0.15, 0.2) is 58.5 Å². The minimum absolute atomic E-state index is 0.0717. The summed E-state index contributed by atoms with van der Waals surface area (Å²) in [5, 5.41) is 11.7. The van der Waals surface area contributed by atoms with Gasteiger partial charge in [0.1, 0.15) is 0 Å². The number of thioether (sulfide) groups is 1. The number of non-ortho nitro benzene ring substituents is 1. The number of carbonyl (C=O) groups is 1. The standard InChI is InChI=1S/C18H16N4O4S/c1-20(2)16(23)11-27-18-19-15-6-4-3-5-14(15)17(24)21(18)12-7-9-13(10-8-12)22(25)26/h3-10H,11H2,1-2H3. The van der Waals surface area contributed by atoms with Gasteiger partial charge >= 0.3 is 0 Å². The van der Waals surface area contributed by atoms with Crippen molar-refractivity contribution in [2.75, 3.05) is 19.8 Å². The van der Waals surface area contributed by atoms with Crippen LogP contribution in [0.25, 0.3) is 16.6 Å². The quantitative estimate of drug-likeness (QED) is 0.290. The van der Waals surface area contributed by atoms with Crippen LogP contribution in [0.1, 0.15) is 0 Å². The highest BCUT2D eigenvalue weighted by molar-refractivity contribution is 7.99. The third-order valence-corrected chi connectivity index (χ3v) is 4.81. The monoisotopic (exact) mass is 384 g/mol. The maximum Gasteiger partial charge on any atom is 0.269 e. The van der Waals surface area contributed by atoms with E-state index in [2.05, 4.69) is 4.98 Å². The van der Waals surface area contributed by atoms with Crippen molar-refractivity contribution in [3.8, 4) is 5.69 Å². The molecular formula is C18H16N4O4S. The van der Waals surface area contributed by atoms with Gasteiger partial charge in [-0.05, 0) is 24.3 Å². The molecule has 1 heterocycles. The number of nitrogens with zero attached hydrogens (tertiary/aromatic N) is 4. The lowest BCUT2D eigenvalue weighted by Crippen LogP contribution is -2.25. The highest BCUT2D eigenvalue weighted by Gasteiger charge is 2.16. The summed E-state index contributed by atoms with van der Waals surface area (Å²) in [6, 6.07) is 12.6. The van der Waals surface area contributed by atoms with Crippen molar-refractivity contribution >= 4 is 34.3 Å². The minimum atomic E-state index is -0.503. The van der Waals surface area contributed by atoms with Gasteiger partial charge in [-0.1, -0.05) is 23.9 Å². The van der Waals surface area contributed by atoms with Crippen molar-refractivity contribution in [1.29, 1.82) is 0 Å². The fourth-order valence-corrected chi connectivity index (χ4v) is 3.41. The Morgan fingerprint density at radius 3 is 2.48 bits per heavy atom. The fraction of sp³-hybridized carbons (Fsp3) is 0.167. The van der Waals surface area contributed by atoms with Crippen molar-refractivity contribution < 1.29 is 9.72 Å². The molecule has 0 aliphatic heterocycles. The predicted octanol–water partition coefficient (Wildman–Crippen LogP) is 2.47. The van der Waals surface area contributed by atoms with Crippen LogP contribution in [-0.2, 0) is 4.79 Å². The summed E-state index contributed by atoms with van der Waals surface area (Å²) in [6.07, 6.45) is 0. The molecule has 3 aromatic rings. The molecule has 1 amide bonds. The molecule has 8 nitrogen and oxygen atoms in total. The number of para-hydroxylation sites is 1.